The summed E-state index contributed by atoms with van der Waals surface area (Å²) in [7, 11) is 1.65. The van der Waals surface area contributed by atoms with Crippen molar-refractivity contribution in [3.8, 4) is 0 Å². The summed E-state index contributed by atoms with van der Waals surface area (Å²) in [5, 5.41) is 2.69. The average Bonchev–Trinajstić information content (AvgIpc) is 2.38. The highest BCUT2D eigenvalue weighted by Crippen LogP contribution is 2.26. The number of anilines is 1. The fraction of sp³-hybridized carbons (Fsp3) is 0.538. The van der Waals surface area contributed by atoms with E-state index in [1.165, 1.54) is 4.57 Å². The molecule has 6 heteroatoms. The van der Waals surface area contributed by atoms with Crippen LogP contribution in [0.2, 0.25) is 0 Å². The number of nitrogens with zero attached hydrogens (tertiary/aromatic N) is 1. The first-order valence-electron chi connectivity index (χ1n) is 6.18. The van der Waals surface area contributed by atoms with Crippen LogP contribution < -0.4 is 16.6 Å². The summed E-state index contributed by atoms with van der Waals surface area (Å²) in [6, 6.07) is 3.33. The Morgan fingerprint density at radius 1 is 1.42 bits per heavy atom. The van der Waals surface area contributed by atoms with Crippen LogP contribution in [0.15, 0.2) is 23.1 Å². The lowest BCUT2D eigenvalue weighted by atomic mass is 9.81. The van der Waals surface area contributed by atoms with Crippen LogP contribution in [0.4, 0.5) is 5.69 Å². The zero-order valence-electron chi connectivity index (χ0n) is 11.6. The fourth-order valence-corrected chi connectivity index (χ4v) is 1.90. The van der Waals surface area contributed by atoms with E-state index in [2.05, 4.69) is 5.32 Å². The van der Waals surface area contributed by atoms with Gasteiger partial charge in [-0.2, -0.15) is 0 Å². The Kier molecular flexibility index (Phi) is 6.79. The van der Waals surface area contributed by atoms with Crippen molar-refractivity contribution in [2.45, 2.75) is 26.7 Å². The molecular weight excluding hydrogens is 266 g/mol. The van der Waals surface area contributed by atoms with Gasteiger partial charge in [-0.1, -0.05) is 13.8 Å². The van der Waals surface area contributed by atoms with Crippen LogP contribution in [0.25, 0.3) is 0 Å². The monoisotopic (exact) mass is 287 g/mol. The predicted octanol–water partition coefficient (Wildman–Crippen LogP) is 1.51. The molecular formula is C13H22ClN3O2. The summed E-state index contributed by atoms with van der Waals surface area (Å²) < 4.78 is 1.43. The van der Waals surface area contributed by atoms with Gasteiger partial charge < -0.3 is 15.6 Å². The molecule has 5 nitrogen and oxygen atoms in total. The maximum absolute atomic E-state index is 12.3. The van der Waals surface area contributed by atoms with Gasteiger partial charge in [-0.3, -0.25) is 9.59 Å². The second-order valence-electron chi connectivity index (χ2n) is 4.48. The minimum atomic E-state index is -0.596. The van der Waals surface area contributed by atoms with Crippen molar-refractivity contribution in [1.29, 1.82) is 0 Å². The third-order valence-corrected chi connectivity index (χ3v) is 3.60. The largest absolute Gasteiger partial charge is 0.329 e. The van der Waals surface area contributed by atoms with Gasteiger partial charge in [0.05, 0.1) is 5.41 Å². The Morgan fingerprint density at radius 3 is 2.47 bits per heavy atom. The molecule has 0 saturated heterocycles. The quantitative estimate of drug-likeness (QED) is 0.862. The molecule has 3 N–H and O–H groups in total. The molecule has 1 aromatic heterocycles. The first-order chi connectivity index (χ1) is 8.50. The number of nitrogens with one attached hydrogen (secondary N) is 1. The maximum atomic E-state index is 12.3. The first kappa shape index (κ1) is 17.7. The second-order valence-corrected chi connectivity index (χ2v) is 4.48. The van der Waals surface area contributed by atoms with Gasteiger partial charge in [0.15, 0.2) is 0 Å². The minimum absolute atomic E-state index is 0. The van der Waals surface area contributed by atoms with E-state index in [1.807, 2.05) is 13.8 Å². The molecule has 0 saturated carbocycles. The van der Waals surface area contributed by atoms with Crippen molar-refractivity contribution in [1.82, 2.24) is 4.57 Å². The topological polar surface area (TPSA) is 77.1 Å². The Balaban J connectivity index is 0.00000324. The lowest BCUT2D eigenvalue weighted by molar-refractivity contribution is -0.125. The van der Waals surface area contributed by atoms with Gasteiger partial charge in [0.1, 0.15) is 5.69 Å². The molecule has 0 aromatic carbocycles. The Morgan fingerprint density at radius 2 is 2.00 bits per heavy atom. The van der Waals surface area contributed by atoms with Crippen molar-refractivity contribution >= 4 is 24.0 Å². The standard InChI is InChI=1S/C13H21N3O2.ClH/c1-4-13(5-2,9-14)12(18)15-10-7-6-8-16(3)11(10)17;/h6-8H,4-5,9,14H2,1-3H3,(H,15,18);1H. The molecule has 0 aliphatic rings. The van der Waals surface area contributed by atoms with Gasteiger partial charge in [0.25, 0.3) is 5.56 Å². The molecule has 0 fully saturated rings. The summed E-state index contributed by atoms with van der Waals surface area (Å²) in [4.78, 5) is 24.1. The molecule has 0 unspecified atom stereocenters. The van der Waals surface area contributed by atoms with Crippen LogP contribution in [0.1, 0.15) is 26.7 Å². The zero-order valence-corrected chi connectivity index (χ0v) is 12.4. The van der Waals surface area contributed by atoms with Crippen LogP contribution in [-0.2, 0) is 11.8 Å². The fourth-order valence-electron chi connectivity index (χ4n) is 1.90. The number of amides is 1. The number of carbonyl (C=O) groups is 1. The molecule has 19 heavy (non-hydrogen) atoms. The van der Waals surface area contributed by atoms with E-state index in [-0.39, 0.29) is 30.4 Å². The van der Waals surface area contributed by atoms with Crippen molar-refractivity contribution < 1.29 is 4.79 Å². The number of halogens is 1. The van der Waals surface area contributed by atoms with Gasteiger partial charge in [-0.15, -0.1) is 12.4 Å². The molecule has 0 aliphatic carbocycles. The van der Waals surface area contributed by atoms with E-state index >= 15 is 0 Å². The molecule has 0 atom stereocenters. The number of aryl methyl sites for hydroxylation is 1. The SMILES string of the molecule is CCC(CC)(CN)C(=O)Nc1cccn(C)c1=O.Cl. The molecule has 0 aliphatic heterocycles. The van der Waals surface area contributed by atoms with Crippen LogP contribution >= 0.6 is 12.4 Å². The van der Waals surface area contributed by atoms with E-state index in [1.54, 1.807) is 25.4 Å². The van der Waals surface area contributed by atoms with Crippen molar-refractivity contribution in [3.05, 3.63) is 28.7 Å². The zero-order chi connectivity index (χ0) is 13.8. The number of nitrogens with two attached hydrogens (primary N) is 1. The third-order valence-electron chi connectivity index (χ3n) is 3.60. The molecule has 1 aromatic rings. The molecule has 1 heterocycles. The van der Waals surface area contributed by atoms with E-state index < -0.39 is 5.41 Å². The third kappa shape index (κ3) is 3.58. The molecule has 0 radical (unpaired) electrons. The Hall–Kier alpha value is -1.33. The normalized spacial score (nSPS) is 10.7. The van der Waals surface area contributed by atoms with Gasteiger partial charge in [0.2, 0.25) is 5.91 Å². The number of carbonyl (C=O) groups excluding carboxylic acids is 1. The summed E-state index contributed by atoms with van der Waals surface area (Å²) >= 11 is 0. The van der Waals surface area contributed by atoms with Crippen LogP contribution in [0.5, 0.6) is 0 Å². The van der Waals surface area contributed by atoms with Crippen LogP contribution in [0, 0.1) is 5.41 Å². The van der Waals surface area contributed by atoms with Gasteiger partial charge in [-0.25, -0.2) is 0 Å². The highest BCUT2D eigenvalue weighted by Gasteiger charge is 2.33. The van der Waals surface area contributed by atoms with E-state index in [9.17, 15) is 9.59 Å². The van der Waals surface area contributed by atoms with Gasteiger partial charge in [0, 0.05) is 19.8 Å². The van der Waals surface area contributed by atoms with E-state index in [0.29, 0.717) is 18.5 Å². The van der Waals surface area contributed by atoms with Gasteiger partial charge in [-0.05, 0) is 25.0 Å². The second kappa shape index (κ2) is 7.31. The molecule has 1 rings (SSSR count). The average molecular weight is 288 g/mol. The number of rotatable bonds is 5. The number of hydrogen-bond donors (Lipinski definition) is 2. The Bertz CT molecular complexity index is 473. The minimum Gasteiger partial charge on any atom is -0.329 e. The number of aromatic nitrogens is 1. The van der Waals surface area contributed by atoms with Gasteiger partial charge >= 0.3 is 0 Å². The molecule has 0 spiro atoms. The lowest BCUT2D eigenvalue weighted by Gasteiger charge is -2.28. The summed E-state index contributed by atoms with van der Waals surface area (Å²) in [5.41, 5.74) is 5.19. The molecule has 0 bridgehead atoms. The summed E-state index contributed by atoms with van der Waals surface area (Å²) in [6.45, 7) is 4.14. The van der Waals surface area contributed by atoms with Crippen molar-refractivity contribution in [2.75, 3.05) is 11.9 Å². The Labute approximate surface area is 119 Å². The number of pyridine rings is 1. The van der Waals surface area contributed by atoms with Crippen molar-refractivity contribution in [2.24, 2.45) is 18.2 Å². The first-order valence-corrected chi connectivity index (χ1v) is 6.18. The van der Waals surface area contributed by atoms with Crippen molar-refractivity contribution in [3.63, 3.8) is 0 Å². The smallest absolute Gasteiger partial charge is 0.274 e. The van der Waals surface area contributed by atoms with E-state index in [4.69, 9.17) is 5.73 Å². The van der Waals surface area contributed by atoms with Crippen LogP contribution in [0.3, 0.4) is 0 Å². The number of hydrogen-bond acceptors (Lipinski definition) is 3. The predicted molar refractivity (Wildman–Crippen MR) is 79.6 cm³/mol. The summed E-state index contributed by atoms with van der Waals surface area (Å²) in [5.74, 6) is -0.182. The highest BCUT2D eigenvalue weighted by molar-refractivity contribution is 5.95. The lowest BCUT2D eigenvalue weighted by Crippen LogP contribution is -2.42. The molecule has 1 amide bonds. The van der Waals surface area contributed by atoms with E-state index in [0.717, 1.165) is 0 Å². The summed E-state index contributed by atoms with van der Waals surface area (Å²) in [6.07, 6.45) is 2.95. The highest BCUT2D eigenvalue weighted by atomic mass is 35.5. The van der Waals surface area contributed by atoms with Crippen LogP contribution in [-0.4, -0.2) is 17.0 Å². The maximum Gasteiger partial charge on any atom is 0.274 e. The molecule has 108 valence electrons.